The van der Waals surface area contributed by atoms with Gasteiger partial charge >= 0.3 is 12.1 Å². The highest BCUT2D eigenvalue weighted by molar-refractivity contribution is 5.79. The molecule has 1 aliphatic carbocycles. The number of aryl methyl sites for hydroxylation is 1. The second-order valence-corrected chi connectivity index (χ2v) is 8.21. The van der Waals surface area contributed by atoms with E-state index in [4.69, 9.17) is 4.74 Å². The lowest BCUT2D eigenvalue weighted by atomic mass is 9.91. The summed E-state index contributed by atoms with van der Waals surface area (Å²) in [5.41, 5.74) is 5.46. The molecule has 1 aromatic heterocycles. The zero-order valence-corrected chi connectivity index (χ0v) is 17.1. The smallest absolute Gasteiger partial charge is 0.409 e. The van der Waals surface area contributed by atoms with E-state index in [1.165, 1.54) is 16.0 Å². The molecule has 7 nitrogen and oxygen atoms in total. The molecule has 158 valence electrons. The van der Waals surface area contributed by atoms with Gasteiger partial charge in [-0.25, -0.2) is 4.79 Å². The van der Waals surface area contributed by atoms with Crippen molar-refractivity contribution in [2.24, 2.45) is 13.0 Å². The standard InChI is InChI=1S/C24H23N3O4/c1-26-11-15(10-25-26)20-12-27(13-21(20)23(28)29)24(30)31-14-22-18-8-4-2-6-16(18)17-7-3-5-9-19(17)22/h2-11,20-22H,12-14H2,1H3,(H,28,29)/t20-,21+/m0/s1. The van der Waals surface area contributed by atoms with Gasteiger partial charge in [-0.05, 0) is 27.8 Å². The first-order chi connectivity index (χ1) is 15.0. The fourth-order valence-electron chi connectivity index (χ4n) is 4.86. The number of aromatic nitrogens is 2. The van der Waals surface area contributed by atoms with E-state index < -0.39 is 18.0 Å². The van der Waals surface area contributed by atoms with Gasteiger partial charge in [0.2, 0.25) is 0 Å². The predicted octanol–water partition coefficient (Wildman–Crippen LogP) is 3.47. The summed E-state index contributed by atoms with van der Waals surface area (Å²) in [5, 5.41) is 13.8. The molecule has 3 aromatic rings. The van der Waals surface area contributed by atoms with Crippen LogP contribution in [0, 0.1) is 5.92 Å². The number of amides is 1. The number of likely N-dealkylation sites (tertiary alicyclic amines) is 1. The van der Waals surface area contributed by atoms with Crippen LogP contribution in [-0.4, -0.2) is 51.5 Å². The van der Waals surface area contributed by atoms with Crippen molar-refractivity contribution in [1.29, 1.82) is 0 Å². The number of aliphatic carboxylic acids is 1. The number of fused-ring (bicyclic) bond motifs is 3. The summed E-state index contributed by atoms with van der Waals surface area (Å²) in [4.78, 5) is 26.2. The van der Waals surface area contributed by atoms with Crippen LogP contribution in [0.15, 0.2) is 60.9 Å². The molecular weight excluding hydrogens is 394 g/mol. The van der Waals surface area contributed by atoms with Crippen molar-refractivity contribution in [3.05, 3.63) is 77.6 Å². The topological polar surface area (TPSA) is 84.7 Å². The summed E-state index contributed by atoms with van der Waals surface area (Å²) in [7, 11) is 1.79. The minimum Gasteiger partial charge on any atom is -0.481 e. The molecule has 31 heavy (non-hydrogen) atoms. The minimum atomic E-state index is -0.914. The highest BCUT2D eigenvalue weighted by Gasteiger charge is 2.42. The van der Waals surface area contributed by atoms with Crippen molar-refractivity contribution in [1.82, 2.24) is 14.7 Å². The third-order valence-corrected chi connectivity index (χ3v) is 6.38. The Hall–Kier alpha value is -3.61. The number of ether oxygens (including phenoxy) is 1. The van der Waals surface area contributed by atoms with Crippen LogP contribution in [-0.2, 0) is 16.6 Å². The normalized spacial score (nSPS) is 19.8. The Bertz CT molecular complexity index is 1110. The van der Waals surface area contributed by atoms with Crippen molar-refractivity contribution in [3.63, 3.8) is 0 Å². The lowest BCUT2D eigenvalue weighted by molar-refractivity contribution is -0.141. The lowest BCUT2D eigenvalue weighted by Gasteiger charge is -2.19. The van der Waals surface area contributed by atoms with E-state index in [-0.39, 0.29) is 25.0 Å². The highest BCUT2D eigenvalue weighted by Crippen LogP contribution is 2.44. The van der Waals surface area contributed by atoms with E-state index >= 15 is 0 Å². The van der Waals surface area contributed by atoms with Gasteiger partial charge in [-0.3, -0.25) is 9.48 Å². The maximum absolute atomic E-state index is 12.9. The van der Waals surface area contributed by atoms with Crippen molar-refractivity contribution in [2.45, 2.75) is 11.8 Å². The van der Waals surface area contributed by atoms with Crippen molar-refractivity contribution < 1.29 is 19.4 Å². The Kier molecular flexibility index (Phi) is 4.73. The van der Waals surface area contributed by atoms with Crippen LogP contribution in [0.2, 0.25) is 0 Å². The molecular formula is C24H23N3O4. The molecule has 1 saturated heterocycles. The molecule has 5 rings (SSSR count). The van der Waals surface area contributed by atoms with Crippen LogP contribution in [0.3, 0.4) is 0 Å². The summed E-state index contributed by atoms with van der Waals surface area (Å²) in [6.07, 6.45) is 3.00. The average molecular weight is 417 g/mol. The first-order valence-electron chi connectivity index (χ1n) is 10.3. The van der Waals surface area contributed by atoms with Gasteiger partial charge in [-0.1, -0.05) is 48.5 Å². The number of rotatable bonds is 4. The van der Waals surface area contributed by atoms with E-state index in [9.17, 15) is 14.7 Å². The molecule has 0 unspecified atom stereocenters. The minimum absolute atomic E-state index is 0.0247. The molecule has 1 aliphatic heterocycles. The van der Waals surface area contributed by atoms with E-state index in [0.717, 1.165) is 16.7 Å². The van der Waals surface area contributed by atoms with Crippen LogP contribution < -0.4 is 0 Å². The zero-order valence-electron chi connectivity index (χ0n) is 17.1. The number of carboxylic acid groups (broad SMARTS) is 1. The molecule has 2 aromatic carbocycles. The van der Waals surface area contributed by atoms with Gasteiger partial charge in [0.1, 0.15) is 6.61 Å². The summed E-state index contributed by atoms with van der Waals surface area (Å²) < 4.78 is 7.36. The van der Waals surface area contributed by atoms with Crippen LogP contribution >= 0.6 is 0 Å². The largest absolute Gasteiger partial charge is 0.481 e. The number of benzene rings is 2. The molecule has 0 radical (unpaired) electrons. The highest BCUT2D eigenvalue weighted by atomic mass is 16.6. The predicted molar refractivity (Wildman–Crippen MR) is 114 cm³/mol. The van der Waals surface area contributed by atoms with Crippen LogP contribution in [0.5, 0.6) is 0 Å². The monoisotopic (exact) mass is 417 g/mol. The van der Waals surface area contributed by atoms with E-state index in [1.807, 2.05) is 30.5 Å². The molecule has 0 spiro atoms. The summed E-state index contributed by atoms with van der Waals surface area (Å²) in [5.74, 6) is -1.91. The Balaban J connectivity index is 1.32. The third kappa shape index (κ3) is 3.36. The van der Waals surface area contributed by atoms with Crippen molar-refractivity contribution >= 4 is 12.1 Å². The number of nitrogens with zero attached hydrogens (tertiary/aromatic N) is 3. The first kappa shape index (κ1) is 19.4. The van der Waals surface area contributed by atoms with Crippen LogP contribution in [0.1, 0.15) is 28.5 Å². The SMILES string of the molecule is Cn1cc([C@@H]2CN(C(=O)OCC3c4ccccc4-c4ccccc43)C[C@H]2C(=O)O)cn1. The molecule has 0 saturated carbocycles. The maximum Gasteiger partial charge on any atom is 0.409 e. The molecule has 0 bridgehead atoms. The van der Waals surface area contributed by atoms with E-state index in [2.05, 4.69) is 29.4 Å². The van der Waals surface area contributed by atoms with E-state index in [1.54, 1.807) is 17.9 Å². The number of carboxylic acids is 1. The van der Waals surface area contributed by atoms with Gasteiger partial charge in [0.15, 0.2) is 0 Å². The van der Waals surface area contributed by atoms with Gasteiger partial charge in [-0.15, -0.1) is 0 Å². The van der Waals surface area contributed by atoms with Crippen molar-refractivity contribution in [2.75, 3.05) is 19.7 Å². The Morgan fingerprint density at radius 2 is 1.71 bits per heavy atom. The number of hydrogen-bond donors (Lipinski definition) is 1. The van der Waals surface area contributed by atoms with Crippen molar-refractivity contribution in [3.8, 4) is 11.1 Å². The van der Waals surface area contributed by atoms with Gasteiger partial charge < -0.3 is 14.7 Å². The Labute approximate surface area is 179 Å². The number of carbonyl (C=O) groups is 2. The zero-order chi connectivity index (χ0) is 21.5. The average Bonchev–Trinajstić information content (AvgIpc) is 3.47. The van der Waals surface area contributed by atoms with Gasteiger partial charge in [0, 0.05) is 38.2 Å². The second-order valence-electron chi connectivity index (χ2n) is 8.21. The second kappa shape index (κ2) is 7.58. The molecule has 2 heterocycles. The fraction of sp³-hybridized carbons (Fsp3) is 0.292. The maximum atomic E-state index is 12.9. The number of hydrogen-bond acceptors (Lipinski definition) is 4. The summed E-state index contributed by atoms with van der Waals surface area (Å²) in [6.45, 7) is 0.656. The molecule has 2 atom stereocenters. The lowest BCUT2D eigenvalue weighted by Crippen LogP contribution is -2.31. The summed E-state index contributed by atoms with van der Waals surface area (Å²) >= 11 is 0. The van der Waals surface area contributed by atoms with Crippen LogP contribution in [0.25, 0.3) is 11.1 Å². The van der Waals surface area contributed by atoms with E-state index in [0.29, 0.717) is 6.54 Å². The third-order valence-electron chi connectivity index (χ3n) is 6.38. The molecule has 2 aliphatic rings. The van der Waals surface area contributed by atoms with Crippen LogP contribution in [0.4, 0.5) is 4.79 Å². The Morgan fingerprint density at radius 1 is 1.06 bits per heavy atom. The first-order valence-corrected chi connectivity index (χ1v) is 10.3. The molecule has 1 N–H and O–H groups in total. The molecule has 1 amide bonds. The summed E-state index contributed by atoms with van der Waals surface area (Å²) in [6, 6.07) is 16.3. The van der Waals surface area contributed by atoms with Gasteiger partial charge in [0.25, 0.3) is 0 Å². The Morgan fingerprint density at radius 3 is 2.29 bits per heavy atom. The molecule has 7 heteroatoms. The van der Waals surface area contributed by atoms with Gasteiger partial charge in [0.05, 0.1) is 12.1 Å². The molecule has 1 fully saturated rings. The number of carbonyl (C=O) groups excluding carboxylic acids is 1. The fourth-order valence-corrected chi connectivity index (χ4v) is 4.86. The van der Waals surface area contributed by atoms with Gasteiger partial charge in [-0.2, -0.15) is 5.10 Å². The quantitative estimate of drug-likeness (QED) is 0.703.